The minimum absolute atomic E-state index is 0.0930. The van der Waals surface area contributed by atoms with E-state index >= 15 is 0 Å². The Kier molecular flexibility index (Phi) is 5.12. The summed E-state index contributed by atoms with van der Waals surface area (Å²) < 4.78 is 25.4. The van der Waals surface area contributed by atoms with Gasteiger partial charge in [-0.05, 0) is 54.8 Å². The van der Waals surface area contributed by atoms with E-state index in [1.165, 1.54) is 16.7 Å². The molecule has 1 fully saturated rings. The summed E-state index contributed by atoms with van der Waals surface area (Å²) in [4.78, 5) is 6.95. The third-order valence-electron chi connectivity index (χ3n) is 5.16. The van der Waals surface area contributed by atoms with Gasteiger partial charge in [0, 0.05) is 15.9 Å². The molecule has 0 aliphatic carbocycles. The zero-order valence-corrected chi connectivity index (χ0v) is 18.4. The number of aliphatic imine (C=N–C) groups is 1. The molecule has 2 aliphatic heterocycles. The first-order valence-electron chi connectivity index (χ1n) is 8.84. The number of hydrogen-bond acceptors (Lipinski definition) is 5. The number of sulfone groups is 1. The Hall–Kier alpha value is -1.31. The summed E-state index contributed by atoms with van der Waals surface area (Å²) in [6.45, 7) is 4.17. The maximum Gasteiger partial charge on any atom is 0.164 e. The first-order valence-corrected chi connectivity index (χ1v) is 12.4. The lowest BCUT2D eigenvalue weighted by Gasteiger charge is -2.27. The van der Waals surface area contributed by atoms with E-state index in [0.717, 1.165) is 21.1 Å². The predicted molar refractivity (Wildman–Crippen MR) is 117 cm³/mol. The van der Waals surface area contributed by atoms with Gasteiger partial charge in [0.05, 0.1) is 23.6 Å². The number of rotatable bonds is 3. The van der Waals surface area contributed by atoms with Crippen molar-refractivity contribution < 1.29 is 8.42 Å². The van der Waals surface area contributed by atoms with Crippen molar-refractivity contribution >= 4 is 48.4 Å². The molecule has 0 spiro atoms. The van der Waals surface area contributed by atoms with Crippen LogP contribution in [0.15, 0.2) is 51.9 Å². The van der Waals surface area contributed by atoms with E-state index in [0.29, 0.717) is 0 Å². The van der Waals surface area contributed by atoms with Crippen LogP contribution in [0.3, 0.4) is 0 Å². The highest BCUT2D eigenvalue weighted by Crippen LogP contribution is 2.36. The van der Waals surface area contributed by atoms with Gasteiger partial charge in [-0.15, -0.1) is 0 Å². The average Bonchev–Trinajstić information content (AvgIpc) is 3.08. The molecule has 0 aromatic heterocycles. The maximum atomic E-state index is 12.2. The summed E-state index contributed by atoms with van der Waals surface area (Å²) >= 11 is 5.14. The molecule has 2 aromatic carbocycles. The highest BCUT2D eigenvalue weighted by atomic mass is 79.9. The molecule has 2 atom stereocenters. The van der Waals surface area contributed by atoms with Crippen LogP contribution in [0, 0.1) is 13.8 Å². The van der Waals surface area contributed by atoms with Crippen molar-refractivity contribution in [1.29, 1.82) is 0 Å². The van der Waals surface area contributed by atoms with Crippen LogP contribution in [0.5, 0.6) is 0 Å². The zero-order valence-electron chi connectivity index (χ0n) is 15.2. The Bertz CT molecular complexity index is 1000. The van der Waals surface area contributed by atoms with E-state index in [4.69, 9.17) is 4.99 Å². The van der Waals surface area contributed by atoms with Gasteiger partial charge in [-0.3, -0.25) is 4.99 Å². The molecule has 142 valence electrons. The Morgan fingerprint density at radius 2 is 1.85 bits per heavy atom. The van der Waals surface area contributed by atoms with E-state index in [1.54, 1.807) is 11.8 Å². The number of thioether (sulfide) groups is 1. The van der Waals surface area contributed by atoms with Gasteiger partial charge in [0.25, 0.3) is 0 Å². The number of amidine groups is 1. The average molecular weight is 465 g/mol. The molecular formula is C20H21BrN2O2S2. The van der Waals surface area contributed by atoms with Gasteiger partial charge >= 0.3 is 0 Å². The second-order valence-electron chi connectivity index (χ2n) is 7.18. The molecule has 0 amide bonds. The van der Waals surface area contributed by atoms with Crippen LogP contribution in [0.4, 0.5) is 5.69 Å². The van der Waals surface area contributed by atoms with Crippen molar-refractivity contribution in [1.82, 2.24) is 0 Å². The topological polar surface area (TPSA) is 49.7 Å². The smallest absolute Gasteiger partial charge is 0.164 e. The second-order valence-corrected chi connectivity index (χ2v) is 11.2. The quantitative estimate of drug-likeness (QED) is 0.677. The highest BCUT2D eigenvalue weighted by Gasteiger charge is 2.47. The Morgan fingerprint density at radius 1 is 1.11 bits per heavy atom. The molecule has 0 unspecified atom stereocenters. The minimum Gasteiger partial charge on any atom is -0.315 e. The molecule has 27 heavy (non-hydrogen) atoms. The molecule has 0 bridgehead atoms. The maximum absolute atomic E-state index is 12.2. The molecule has 0 N–H and O–H groups in total. The van der Waals surface area contributed by atoms with Crippen LogP contribution in [0.25, 0.3) is 0 Å². The summed E-state index contributed by atoms with van der Waals surface area (Å²) in [5.74, 6) is 1.14. The molecular weight excluding hydrogens is 444 g/mol. The highest BCUT2D eigenvalue weighted by molar-refractivity contribution is 9.10. The first-order chi connectivity index (χ1) is 12.8. The van der Waals surface area contributed by atoms with E-state index in [2.05, 4.69) is 65.0 Å². The van der Waals surface area contributed by atoms with Gasteiger partial charge in [-0.1, -0.05) is 45.9 Å². The third kappa shape index (κ3) is 3.96. The number of anilines is 1. The number of halogens is 1. The van der Waals surface area contributed by atoms with Crippen molar-refractivity contribution in [2.75, 3.05) is 16.4 Å². The normalized spacial score (nSPS) is 23.4. The zero-order chi connectivity index (χ0) is 19.2. The Morgan fingerprint density at radius 3 is 2.56 bits per heavy atom. The summed E-state index contributed by atoms with van der Waals surface area (Å²) in [7, 11) is -3.02. The van der Waals surface area contributed by atoms with Crippen LogP contribution in [0.2, 0.25) is 0 Å². The minimum atomic E-state index is -3.02. The number of nitrogens with zero attached hydrogens (tertiary/aromatic N) is 2. The molecule has 0 saturated carbocycles. The lowest BCUT2D eigenvalue weighted by Crippen LogP contribution is -2.39. The van der Waals surface area contributed by atoms with Crippen molar-refractivity contribution in [3.8, 4) is 0 Å². The van der Waals surface area contributed by atoms with Crippen LogP contribution < -0.4 is 4.90 Å². The van der Waals surface area contributed by atoms with Gasteiger partial charge in [-0.2, -0.15) is 0 Å². The van der Waals surface area contributed by atoms with Gasteiger partial charge < -0.3 is 4.90 Å². The summed E-state index contributed by atoms with van der Waals surface area (Å²) in [5, 5.41) is 0.922. The lowest BCUT2D eigenvalue weighted by molar-refractivity contribution is 0.601. The summed E-state index contributed by atoms with van der Waals surface area (Å²) in [5.41, 5.74) is 4.68. The molecule has 4 nitrogen and oxygen atoms in total. The molecule has 7 heteroatoms. The summed E-state index contributed by atoms with van der Waals surface area (Å²) in [6, 6.07) is 14.3. The van der Waals surface area contributed by atoms with Gasteiger partial charge in [0.15, 0.2) is 15.0 Å². The fourth-order valence-corrected chi connectivity index (χ4v) is 6.73. The van der Waals surface area contributed by atoms with Crippen molar-refractivity contribution in [3.63, 3.8) is 0 Å². The number of fused-ring (bicyclic) bond motifs is 1. The van der Waals surface area contributed by atoms with Crippen LogP contribution in [0.1, 0.15) is 16.7 Å². The predicted octanol–water partition coefficient (Wildman–Crippen LogP) is 4.34. The monoisotopic (exact) mass is 464 g/mol. The molecule has 1 saturated heterocycles. The van der Waals surface area contributed by atoms with Gasteiger partial charge in [-0.25, -0.2) is 8.42 Å². The largest absolute Gasteiger partial charge is 0.315 e. The van der Waals surface area contributed by atoms with E-state index in [1.807, 2.05) is 12.1 Å². The number of hydrogen-bond donors (Lipinski definition) is 0. The van der Waals surface area contributed by atoms with Crippen LogP contribution in [-0.4, -0.2) is 37.2 Å². The standard InChI is InChI=1S/C20H21BrN2O2S2/c1-13-3-8-17(9-14(13)2)23-19-12-27(24,25)11-18(19)22-20(23)26-10-15-4-6-16(21)7-5-15/h3-9,18-19H,10-12H2,1-2H3/t18-,19-/m1/s1. The third-order valence-corrected chi connectivity index (χ3v) is 8.42. The van der Waals surface area contributed by atoms with Gasteiger partial charge in [0.1, 0.15) is 0 Å². The molecule has 2 aliphatic rings. The van der Waals surface area contributed by atoms with Gasteiger partial charge in [0.2, 0.25) is 0 Å². The summed E-state index contributed by atoms with van der Waals surface area (Å²) in [6.07, 6.45) is 0. The van der Waals surface area contributed by atoms with E-state index < -0.39 is 9.84 Å². The Balaban J connectivity index is 1.63. The van der Waals surface area contributed by atoms with E-state index in [9.17, 15) is 8.42 Å². The lowest BCUT2D eigenvalue weighted by atomic mass is 10.1. The molecule has 4 rings (SSSR count). The fourth-order valence-electron chi connectivity index (χ4n) is 3.54. The SMILES string of the molecule is Cc1ccc(N2C(SCc3ccc(Br)cc3)=N[C@@H]3CS(=O)(=O)C[C@H]32)cc1C. The van der Waals surface area contributed by atoms with E-state index in [-0.39, 0.29) is 23.6 Å². The molecule has 2 heterocycles. The number of benzene rings is 2. The Labute approximate surface area is 173 Å². The van der Waals surface area contributed by atoms with Crippen molar-refractivity contribution in [3.05, 3.63) is 63.6 Å². The van der Waals surface area contributed by atoms with Crippen LogP contribution >= 0.6 is 27.7 Å². The first kappa shape index (κ1) is 19.0. The fraction of sp³-hybridized carbons (Fsp3) is 0.350. The van der Waals surface area contributed by atoms with Crippen molar-refractivity contribution in [2.24, 2.45) is 4.99 Å². The van der Waals surface area contributed by atoms with Crippen LogP contribution in [-0.2, 0) is 15.6 Å². The second kappa shape index (κ2) is 7.26. The van der Waals surface area contributed by atoms with Crippen molar-refractivity contribution in [2.45, 2.75) is 31.7 Å². The number of aryl methyl sites for hydroxylation is 2. The molecule has 0 radical (unpaired) electrons. The molecule has 2 aromatic rings.